The maximum absolute atomic E-state index is 11.2. The van der Waals surface area contributed by atoms with Crippen LogP contribution in [0.3, 0.4) is 0 Å². The molecule has 0 bridgehead atoms. The predicted octanol–water partition coefficient (Wildman–Crippen LogP) is 2.11. The van der Waals surface area contributed by atoms with Crippen LogP contribution in [0.5, 0.6) is 0 Å². The van der Waals surface area contributed by atoms with Gasteiger partial charge in [0.1, 0.15) is 5.60 Å². The second kappa shape index (κ2) is 4.62. The lowest BCUT2D eigenvalue weighted by Gasteiger charge is -2.37. The molecule has 1 aromatic heterocycles. The van der Waals surface area contributed by atoms with Gasteiger partial charge >= 0.3 is 0 Å². The number of aryl methyl sites for hydroxylation is 1. The fourth-order valence-electron chi connectivity index (χ4n) is 3.59. The number of fused-ring (bicyclic) bond motifs is 1. The molecule has 18 heavy (non-hydrogen) atoms. The number of hydrogen-bond acceptors (Lipinski definition) is 3. The molecular weight excluding hydrogens is 294 g/mol. The Morgan fingerprint density at radius 2 is 2.33 bits per heavy atom. The molecule has 0 spiro atoms. The van der Waals surface area contributed by atoms with E-state index in [1.807, 2.05) is 10.9 Å². The van der Waals surface area contributed by atoms with E-state index in [9.17, 15) is 5.11 Å². The van der Waals surface area contributed by atoms with Crippen molar-refractivity contribution in [1.82, 2.24) is 14.7 Å². The molecule has 1 N–H and O–H groups in total. The van der Waals surface area contributed by atoms with Gasteiger partial charge in [0.2, 0.25) is 0 Å². The summed E-state index contributed by atoms with van der Waals surface area (Å²) in [6, 6.07) is 0.268. The quantitative estimate of drug-likeness (QED) is 0.909. The van der Waals surface area contributed by atoms with Crippen molar-refractivity contribution in [2.75, 3.05) is 13.1 Å². The Morgan fingerprint density at radius 1 is 1.50 bits per heavy atom. The average Bonchev–Trinajstić information content (AvgIpc) is 2.92. The van der Waals surface area contributed by atoms with E-state index in [0.29, 0.717) is 0 Å². The van der Waals surface area contributed by atoms with Gasteiger partial charge in [-0.05, 0) is 48.7 Å². The maximum atomic E-state index is 11.2. The standard InChI is InChI=1S/C13H20BrN3O/c1-2-17-12(10(14)9-15-17)13(18)6-8-16-7-4-3-5-11(13)16/h9,11,18H,2-8H2,1H3. The molecule has 2 saturated heterocycles. The highest BCUT2D eigenvalue weighted by atomic mass is 79.9. The minimum absolute atomic E-state index is 0.268. The monoisotopic (exact) mass is 313 g/mol. The first-order chi connectivity index (χ1) is 8.66. The third-order valence-corrected chi connectivity index (χ3v) is 5.03. The third kappa shape index (κ3) is 1.75. The van der Waals surface area contributed by atoms with E-state index in [0.717, 1.165) is 42.6 Å². The lowest BCUT2D eigenvalue weighted by Crippen LogP contribution is -2.46. The van der Waals surface area contributed by atoms with Gasteiger partial charge in [-0.3, -0.25) is 9.58 Å². The highest BCUT2D eigenvalue weighted by Crippen LogP contribution is 2.44. The van der Waals surface area contributed by atoms with Crippen LogP contribution in [0.4, 0.5) is 0 Å². The van der Waals surface area contributed by atoms with E-state index >= 15 is 0 Å². The number of hydrogen-bond donors (Lipinski definition) is 1. The zero-order valence-corrected chi connectivity index (χ0v) is 12.4. The Bertz CT molecular complexity index is 447. The second-order valence-electron chi connectivity index (χ2n) is 5.38. The summed E-state index contributed by atoms with van der Waals surface area (Å²) in [5.41, 5.74) is 0.241. The minimum atomic E-state index is -0.730. The lowest BCUT2D eigenvalue weighted by molar-refractivity contribution is -0.0212. The SMILES string of the molecule is CCn1ncc(Br)c1C1(O)CCN2CCCCC21. The van der Waals surface area contributed by atoms with Crippen LogP contribution in [-0.2, 0) is 12.1 Å². The Hall–Kier alpha value is -0.390. The summed E-state index contributed by atoms with van der Waals surface area (Å²) in [4.78, 5) is 2.45. The first kappa shape index (κ1) is 12.6. The van der Waals surface area contributed by atoms with Crippen LogP contribution in [0.15, 0.2) is 10.7 Å². The molecule has 2 aliphatic rings. The minimum Gasteiger partial charge on any atom is -0.382 e. The molecule has 2 aliphatic heterocycles. The van der Waals surface area contributed by atoms with Crippen molar-refractivity contribution in [3.8, 4) is 0 Å². The Labute approximate surface area is 116 Å². The molecule has 100 valence electrons. The van der Waals surface area contributed by atoms with E-state index in [-0.39, 0.29) is 6.04 Å². The molecule has 2 atom stereocenters. The molecule has 5 heteroatoms. The first-order valence-electron chi connectivity index (χ1n) is 6.85. The van der Waals surface area contributed by atoms with Crippen molar-refractivity contribution in [3.63, 3.8) is 0 Å². The van der Waals surface area contributed by atoms with Crippen molar-refractivity contribution >= 4 is 15.9 Å². The van der Waals surface area contributed by atoms with E-state index in [4.69, 9.17) is 0 Å². The van der Waals surface area contributed by atoms with Crippen LogP contribution in [0, 0.1) is 0 Å². The summed E-state index contributed by atoms with van der Waals surface area (Å²) in [5, 5.41) is 15.6. The molecule has 0 aromatic carbocycles. The molecule has 0 radical (unpaired) electrons. The topological polar surface area (TPSA) is 41.3 Å². The molecule has 4 nitrogen and oxygen atoms in total. The smallest absolute Gasteiger partial charge is 0.124 e. The number of aliphatic hydroxyl groups is 1. The zero-order valence-electron chi connectivity index (χ0n) is 10.8. The molecule has 1 aromatic rings. The van der Waals surface area contributed by atoms with E-state index in [2.05, 4.69) is 32.9 Å². The van der Waals surface area contributed by atoms with Crippen LogP contribution in [-0.4, -0.2) is 38.9 Å². The van der Waals surface area contributed by atoms with Crippen molar-refractivity contribution in [2.24, 2.45) is 0 Å². The number of nitrogens with zero attached hydrogens (tertiary/aromatic N) is 3. The molecule has 3 rings (SSSR count). The van der Waals surface area contributed by atoms with E-state index in [1.54, 1.807) is 0 Å². The average molecular weight is 314 g/mol. The van der Waals surface area contributed by atoms with Crippen LogP contribution in [0.2, 0.25) is 0 Å². The molecule has 2 fully saturated rings. The lowest BCUT2D eigenvalue weighted by atomic mass is 9.86. The van der Waals surface area contributed by atoms with Gasteiger partial charge in [0.25, 0.3) is 0 Å². The molecule has 2 unspecified atom stereocenters. The van der Waals surface area contributed by atoms with E-state index < -0.39 is 5.60 Å². The fourth-order valence-corrected chi connectivity index (χ4v) is 4.23. The molecular formula is C13H20BrN3O. The zero-order chi connectivity index (χ0) is 12.8. The summed E-state index contributed by atoms with van der Waals surface area (Å²) >= 11 is 3.56. The summed E-state index contributed by atoms with van der Waals surface area (Å²) in [6.45, 7) is 5.00. The van der Waals surface area contributed by atoms with Gasteiger partial charge in [0.15, 0.2) is 0 Å². The largest absolute Gasteiger partial charge is 0.382 e. The van der Waals surface area contributed by atoms with Gasteiger partial charge in [-0.1, -0.05) is 6.42 Å². The Morgan fingerprint density at radius 3 is 3.11 bits per heavy atom. The van der Waals surface area contributed by atoms with Gasteiger partial charge in [0.05, 0.1) is 16.4 Å². The second-order valence-corrected chi connectivity index (χ2v) is 6.23. The number of halogens is 1. The van der Waals surface area contributed by atoms with Crippen molar-refractivity contribution in [3.05, 3.63) is 16.4 Å². The summed E-state index contributed by atoms with van der Waals surface area (Å²) in [7, 11) is 0. The molecule has 0 amide bonds. The normalized spacial score (nSPS) is 32.7. The van der Waals surface area contributed by atoms with E-state index in [1.165, 1.54) is 12.8 Å². The number of piperidine rings is 1. The van der Waals surface area contributed by atoms with Gasteiger partial charge in [-0.25, -0.2) is 0 Å². The maximum Gasteiger partial charge on any atom is 0.124 e. The van der Waals surface area contributed by atoms with Crippen LogP contribution in [0.1, 0.15) is 38.3 Å². The Kier molecular flexibility index (Phi) is 3.24. The molecule has 0 saturated carbocycles. The highest BCUT2D eigenvalue weighted by Gasteiger charge is 2.50. The highest BCUT2D eigenvalue weighted by molar-refractivity contribution is 9.10. The van der Waals surface area contributed by atoms with Crippen LogP contribution in [0.25, 0.3) is 0 Å². The fraction of sp³-hybridized carbons (Fsp3) is 0.769. The first-order valence-corrected chi connectivity index (χ1v) is 7.64. The number of aromatic nitrogens is 2. The summed E-state index contributed by atoms with van der Waals surface area (Å²) in [6.07, 6.45) is 6.21. The van der Waals surface area contributed by atoms with Gasteiger partial charge in [-0.2, -0.15) is 5.10 Å². The van der Waals surface area contributed by atoms with Gasteiger partial charge in [-0.15, -0.1) is 0 Å². The molecule has 3 heterocycles. The number of rotatable bonds is 2. The van der Waals surface area contributed by atoms with Crippen LogP contribution >= 0.6 is 15.9 Å². The van der Waals surface area contributed by atoms with Crippen LogP contribution < -0.4 is 0 Å². The third-order valence-electron chi connectivity index (χ3n) is 4.45. The summed E-state index contributed by atoms with van der Waals surface area (Å²) in [5.74, 6) is 0. The van der Waals surface area contributed by atoms with Crippen molar-refractivity contribution in [1.29, 1.82) is 0 Å². The van der Waals surface area contributed by atoms with Crippen molar-refractivity contribution in [2.45, 2.75) is 50.8 Å². The predicted molar refractivity (Wildman–Crippen MR) is 73.3 cm³/mol. The summed E-state index contributed by atoms with van der Waals surface area (Å²) < 4.78 is 2.88. The van der Waals surface area contributed by atoms with Gasteiger partial charge in [0, 0.05) is 19.1 Å². The molecule has 0 aliphatic carbocycles. The van der Waals surface area contributed by atoms with Crippen molar-refractivity contribution < 1.29 is 5.11 Å². The van der Waals surface area contributed by atoms with Gasteiger partial charge < -0.3 is 5.11 Å². The Balaban J connectivity index is 2.01.